The van der Waals surface area contributed by atoms with Gasteiger partial charge in [0.2, 0.25) is 0 Å². The maximum Gasteiger partial charge on any atom is 0.129 e. The van der Waals surface area contributed by atoms with E-state index in [9.17, 15) is 0 Å². The zero-order valence-corrected chi connectivity index (χ0v) is 8.75. The fraction of sp³-hybridized carbons (Fsp3) is 0.273. The van der Waals surface area contributed by atoms with Crippen molar-refractivity contribution in [3.05, 3.63) is 34.1 Å². The average Bonchev–Trinajstić information content (AvgIpc) is 2.28. The Morgan fingerprint density at radius 2 is 2.00 bits per heavy atom. The van der Waals surface area contributed by atoms with E-state index in [-0.39, 0.29) is 5.57 Å². The molecule has 4 heteroatoms. The first-order chi connectivity index (χ1) is 7.22. The van der Waals surface area contributed by atoms with E-state index >= 15 is 0 Å². The van der Waals surface area contributed by atoms with Crippen molar-refractivity contribution < 1.29 is 5.11 Å². The highest BCUT2D eigenvalue weighted by Crippen LogP contribution is 2.33. The molecule has 0 aromatic heterocycles. The third kappa shape index (κ3) is 2.62. The standard InChI is InChI=1S/C11H9ClN2O/c12-11-9(4-8(5-13)6-14)2-1-3-10(11)7-15/h4,7,15H,1-3H2/b10-7+. The summed E-state index contributed by atoms with van der Waals surface area (Å²) in [5.41, 5.74) is 1.42. The maximum atomic E-state index is 8.90. The van der Waals surface area contributed by atoms with Crippen LogP contribution in [-0.4, -0.2) is 5.11 Å². The highest BCUT2D eigenvalue weighted by molar-refractivity contribution is 6.32. The summed E-state index contributed by atoms with van der Waals surface area (Å²) < 4.78 is 0. The van der Waals surface area contributed by atoms with Crippen molar-refractivity contribution in [3.8, 4) is 12.1 Å². The summed E-state index contributed by atoms with van der Waals surface area (Å²) in [6.07, 6.45) is 4.77. The van der Waals surface area contributed by atoms with Gasteiger partial charge < -0.3 is 5.11 Å². The minimum absolute atomic E-state index is 0.0299. The molecule has 0 spiro atoms. The number of aliphatic hydroxyl groups is 1. The van der Waals surface area contributed by atoms with Crippen LogP contribution in [0.2, 0.25) is 0 Å². The zero-order chi connectivity index (χ0) is 11.3. The van der Waals surface area contributed by atoms with Gasteiger partial charge in [0.15, 0.2) is 0 Å². The molecule has 0 unspecified atom stereocenters. The third-order valence-electron chi connectivity index (χ3n) is 2.17. The predicted molar refractivity (Wildman–Crippen MR) is 56.8 cm³/mol. The van der Waals surface area contributed by atoms with Gasteiger partial charge in [-0.25, -0.2) is 0 Å². The molecule has 0 aromatic rings. The molecule has 1 rings (SSSR count). The van der Waals surface area contributed by atoms with E-state index in [0.717, 1.165) is 31.1 Å². The van der Waals surface area contributed by atoms with Crippen LogP contribution in [0, 0.1) is 22.7 Å². The predicted octanol–water partition coefficient (Wildman–Crippen LogP) is 3.08. The first-order valence-electron chi connectivity index (χ1n) is 4.47. The van der Waals surface area contributed by atoms with Gasteiger partial charge in [-0.05, 0) is 30.9 Å². The summed E-state index contributed by atoms with van der Waals surface area (Å²) in [5.74, 6) is 0. The van der Waals surface area contributed by atoms with Crippen LogP contribution in [0.1, 0.15) is 19.3 Å². The van der Waals surface area contributed by atoms with Crippen LogP contribution in [0.15, 0.2) is 34.1 Å². The normalized spacial score (nSPS) is 18.2. The lowest BCUT2D eigenvalue weighted by molar-refractivity contribution is 0.464. The summed E-state index contributed by atoms with van der Waals surface area (Å²) in [6.45, 7) is 0. The molecule has 76 valence electrons. The Balaban J connectivity index is 3.11. The summed E-state index contributed by atoms with van der Waals surface area (Å²) in [5, 5.41) is 26.5. The van der Waals surface area contributed by atoms with Crippen molar-refractivity contribution >= 4 is 11.6 Å². The molecule has 1 N–H and O–H groups in total. The Labute approximate surface area is 93.2 Å². The highest BCUT2D eigenvalue weighted by Gasteiger charge is 2.14. The van der Waals surface area contributed by atoms with Gasteiger partial charge in [0.25, 0.3) is 0 Å². The number of allylic oxidation sites excluding steroid dienone is 5. The highest BCUT2D eigenvalue weighted by atomic mass is 35.5. The van der Waals surface area contributed by atoms with Crippen molar-refractivity contribution in [2.24, 2.45) is 0 Å². The summed E-state index contributed by atoms with van der Waals surface area (Å²) >= 11 is 5.99. The van der Waals surface area contributed by atoms with Gasteiger partial charge in [-0.3, -0.25) is 0 Å². The molecule has 0 radical (unpaired) electrons. The van der Waals surface area contributed by atoms with Crippen LogP contribution in [0.5, 0.6) is 0 Å². The van der Waals surface area contributed by atoms with Gasteiger partial charge in [-0.1, -0.05) is 11.6 Å². The molecule has 0 atom stereocenters. The van der Waals surface area contributed by atoms with Crippen LogP contribution in [0.25, 0.3) is 0 Å². The molecular formula is C11H9ClN2O. The molecular weight excluding hydrogens is 212 g/mol. The molecule has 0 aromatic carbocycles. The quantitative estimate of drug-likeness (QED) is 0.545. The molecule has 3 nitrogen and oxygen atoms in total. The van der Waals surface area contributed by atoms with Crippen molar-refractivity contribution in [1.29, 1.82) is 10.5 Å². The molecule has 0 bridgehead atoms. The van der Waals surface area contributed by atoms with Crippen LogP contribution in [0.4, 0.5) is 0 Å². The second-order valence-corrected chi connectivity index (χ2v) is 3.51. The Hall–Kier alpha value is -1.71. The number of hydrogen-bond donors (Lipinski definition) is 1. The zero-order valence-electron chi connectivity index (χ0n) is 8.00. The van der Waals surface area contributed by atoms with Crippen LogP contribution in [0.3, 0.4) is 0 Å². The van der Waals surface area contributed by atoms with E-state index in [1.807, 2.05) is 0 Å². The van der Waals surface area contributed by atoms with Gasteiger partial charge in [-0.15, -0.1) is 0 Å². The summed E-state index contributed by atoms with van der Waals surface area (Å²) in [4.78, 5) is 0. The minimum Gasteiger partial charge on any atom is -0.515 e. The minimum atomic E-state index is 0.0299. The first kappa shape index (κ1) is 11.4. The lowest BCUT2D eigenvalue weighted by Crippen LogP contribution is -1.98. The lowest BCUT2D eigenvalue weighted by atomic mass is 9.94. The number of hydrogen-bond acceptors (Lipinski definition) is 3. The Bertz CT molecular complexity index is 416. The van der Waals surface area contributed by atoms with Crippen molar-refractivity contribution in [1.82, 2.24) is 0 Å². The van der Waals surface area contributed by atoms with Crippen LogP contribution in [-0.2, 0) is 0 Å². The van der Waals surface area contributed by atoms with Crippen molar-refractivity contribution in [3.63, 3.8) is 0 Å². The number of halogens is 1. The Morgan fingerprint density at radius 3 is 2.53 bits per heavy atom. The van der Waals surface area contributed by atoms with Crippen molar-refractivity contribution in [2.45, 2.75) is 19.3 Å². The molecule has 0 saturated carbocycles. The van der Waals surface area contributed by atoms with Gasteiger partial charge in [-0.2, -0.15) is 10.5 Å². The van der Waals surface area contributed by atoms with E-state index in [1.165, 1.54) is 6.08 Å². The van der Waals surface area contributed by atoms with Gasteiger partial charge in [0.1, 0.15) is 17.7 Å². The van der Waals surface area contributed by atoms with E-state index < -0.39 is 0 Å². The number of nitrogens with zero attached hydrogens (tertiary/aromatic N) is 2. The molecule has 0 fully saturated rings. The fourth-order valence-electron chi connectivity index (χ4n) is 1.42. The maximum absolute atomic E-state index is 8.90. The second-order valence-electron chi connectivity index (χ2n) is 3.13. The monoisotopic (exact) mass is 220 g/mol. The fourth-order valence-corrected chi connectivity index (χ4v) is 1.71. The van der Waals surface area contributed by atoms with Crippen LogP contribution < -0.4 is 0 Å². The molecule has 1 aliphatic rings. The SMILES string of the molecule is N#CC(C#N)=CC1=C(Cl)/C(=C/O)CCC1. The van der Waals surface area contributed by atoms with E-state index in [2.05, 4.69) is 0 Å². The van der Waals surface area contributed by atoms with E-state index in [1.54, 1.807) is 12.1 Å². The Kier molecular flexibility index (Phi) is 3.97. The summed E-state index contributed by atoms with van der Waals surface area (Å²) in [6, 6.07) is 3.56. The summed E-state index contributed by atoms with van der Waals surface area (Å²) in [7, 11) is 0. The van der Waals surface area contributed by atoms with E-state index in [4.69, 9.17) is 27.2 Å². The van der Waals surface area contributed by atoms with Crippen LogP contribution >= 0.6 is 11.6 Å². The number of rotatable bonds is 1. The molecule has 15 heavy (non-hydrogen) atoms. The number of nitriles is 2. The topological polar surface area (TPSA) is 67.8 Å². The molecule has 0 aliphatic heterocycles. The first-order valence-corrected chi connectivity index (χ1v) is 4.85. The van der Waals surface area contributed by atoms with Gasteiger partial charge in [0.05, 0.1) is 11.3 Å². The average molecular weight is 221 g/mol. The van der Waals surface area contributed by atoms with Gasteiger partial charge >= 0.3 is 0 Å². The largest absolute Gasteiger partial charge is 0.515 e. The molecule has 0 amide bonds. The molecule has 1 aliphatic carbocycles. The Morgan fingerprint density at radius 1 is 1.33 bits per heavy atom. The molecule has 0 saturated heterocycles. The molecule has 0 heterocycles. The van der Waals surface area contributed by atoms with Gasteiger partial charge in [0, 0.05) is 5.57 Å². The van der Waals surface area contributed by atoms with Crippen molar-refractivity contribution in [2.75, 3.05) is 0 Å². The smallest absolute Gasteiger partial charge is 0.129 e. The lowest BCUT2D eigenvalue weighted by Gasteiger charge is -2.15. The second kappa shape index (κ2) is 5.24. The van der Waals surface area contributed by atoms with E-state index in [0.29, 0.717) is 10.6 Å². The number of aliphatic hydroxyl groups excluding tert-OH is 1. The third-order valence-corrected chi connectivity index (χ3v) is 2.66.